The summed E-state index contributed by atoms with van der Waals surface area (Å²) in [6, 6.07) is 3.76. The van der Waals surface area contributed by atoms with E-state index in [-0.39, 0.29) is 0 Å². The third-order valence-electron chi connectivity index (χ3n) is 2.01. The van der Waals surface area contributed by atoms with E-state index in [2.05, 4.69) is 10.3 Å². The maximum atomic E-state index is 5.30. The van der Waals surface area contributed by atoms with Crippen molar-refractivity contribution < 1.29 is 9.47 Å². The molecule has 0 fully saturated rings. The highest BCUT2D eigenvalue weighted by atomic mass is 16.5. The quantitative estimate of drug-likeness (QED) is 0.642. The first-order valence-corrected chi connectivity index (χ1v) is 5.38. The van der Waals surface area contributed by atoms with E-state index >= 15 is 0 Å². The van der Waals surface area contributed by atoms with Crippen molar-refractivity contribution in [3.8, 4) is 5.75 Å². The Morgan fingerprint density at radius 1 is 1.38 bits per heavy atom. The van der Waals surface area contributed by atoms with Gasteiger partial charge in [0.2, 0.25) is 0 Å². The highest BCUT2D eigenvalue weighted by Crippen LogP contribution is 2.10. The molecule has 0 unspecified atom stereocenters. The second-order valence-corrected chi connectivity index (χ2v) is 3.26. The summed E-state index contributed by atoms with van der Waals surface area (Å²) in [5, 5.41) is 3.19. The van der Waals surface area contributed by atoms with Crippen LogP contribution in [0.2, 0.25) is 0 Å². The minimum Gasteiger partial charge on any atom is -0.495 e. The summed E-state index contributed by atoms with van der Waals surface area (Å²) in [7, 11) is 1.62. The van der Waals surface area contributed by atoms with Gasteiger partial charge in [-0.3, -0.25) is 0 Å². The van der Waals surface area contributed by atoms with E-state index in [0.29, 0.717) is 13.2 Å². The molecular formula is C11H19N3O2. The number of rotatable bonds is 8. The first-order chi connectivity index (χ1) is 7.86. The molecule has 1 aromatic heterocycles. The number of pyridine rings is 1. The Morgan fingerprint density at radius 2 is 2.25 bits per heavy atom. The van der Waals surface area contributed by atoms with Crippen LogP contribution in [0, 0.1) is 0 Å². The summed E-state index contributed by atoms with van der Waals surface area (Å²) < 4.78 is 10.3. The molecule has 5 nitrogen and oxygen atoms in total. The van der Waals surface area contributed by atoms with Crippen LogP contribution in [0.25, 0.3) is 0 Å². The minimum atomic E-state index is 0.577. The Labute approximate surface area is 96.0 Å². The number of methoxy groups -OCH3 is 1. The van der Waals surface area contributed by atoms with E-state index < -0.39 is 0 Å². The van der Waals surface area contributed by atoms with Gasteiger partial charge in [0, 0.05) is 19.7 Å². The number of nitrogens with one attached hydrogen (secondary N) is 1. The lowest BCUT2D eigenvalue weighted by Gasteiger charge is -2.06. The van der Waals surface area contributed by atoms with Crippen LogP contribution in [0.5, 0.6) is 5.75 Å². The first kappa shape index (κ1) is 12.7. The van der Waals surface area contributed by atoms with E-state index in [4.69, 9.17) is 15.2 Å². The molecule has 3 N–H and O–H groups in total. The standard InChI is InChI=1S/C11H19N3O2/c1-15-10-3-4-11(14-9-10)13-6-2-7-16-8-5-12/h3-4,9H,2,5-8,12H2,1H3,(H,13,14). The van der Waals surface area contributed by atoms with Crippen LogP contribution in [0.3, 0.4) is 0 Å². The molecule has 0 aliphatic heterocycles. The molecule has 1 heterocycles. The Bertz CT molecular complexity index is 277. The summed E-state index contributed by atoms with van der Waals surface area (Å²) >= 11 is 0. The molecule has 0 spiro atoms. The Morgan fingerprint density at radius 3 is 2.88 bits per heavy atom. The lowest BCUT2D eigenvalue weighted by molar-refractivity contribution is 0.141. The van der Waals surface area contributed by atoms with Crippen molar-refractivity contribution in [2.45, 2.75) is 6.42 Å². The monoisotopic (exact) mass is 225 g/mol. The van der Waals surface area contributed by atoms with Gasteiger partial charge in [-0.1, -0.05) is 0 Å². The van der Waals surface area contributed by atoms with Gasteiger partial charge in [-0.15, -0.1) is 0 Å². The van der Waals surface area contributed by atoms with E-state index in [0.717, 1.165) is 31.1 Å². The van der Waals surface area contributed by atoms with E-state index in [1.807, 2.05) is 12.1 Å². The Hall–Kier alpha value is -1.33. The van der Waals surface area contributed by atoms with Gasteiger partial charge >= 0.3 is 0 Å². The molecule has 0 aliphatic carbocycles. The Kier molecular flexibility index (Phi) is 6.29. The molecule has 0 aliphatic rings. The Balaban J connectivity index is 2.12. The smallest absolute Gasteiger partial charge is 0.137 e. The molecule has 0 bridgehead atoms. The highest BCUT2D eigenvalue weighted by molar-refractivity contribution is 5.37. The number of nitrogens with two attached hydrogens (primary N) is 1. The zero-order chi connectivity index (χ0) is 11.6. The van der Waals surface area contributed by atoms with Crippen molar-refractivity contribution in [2.75, 3.05) is 38.7 Å². The maximum absolute atomic E-state index is 5.30. The third kappa shape index (κ3) is 4.95. The number of nitrogens with zero attached hydrogens (tertiary/aromatic N) is 1. The highest BCUT2D eigenvalue weighted by Gasteiger charge is 1.94. The summed E-state index contributed by atoms with van der Waals surface area (Å²) in [6.07, 6.45) is 2.63. The van der Waals surface area contributed by atoms with Gasteiger partial charge < -0.3 is 20.5 Å². The number of anilines is 1. The predicted molar refractivity (Wildman–Crippen MR) is 63.8 cm³/mol. The second kappa shape index (κ2) is 7.90. The molecule has 0 aromatic carbocycles. The molecule has 1 aromatic rings. The van der Waals surface area contributed by atoms with Crippen molar-refractivity contribution in [1.82, 2.24) is 4.98 Å². The van der Waals surface area contributed by atoms with E-state index in [9.17, 15) is 0 Å². The van der Waals surface area contributed by atoms with E-state index in [1.54, 1.807) is 13.3 Å². The number of hydrogen-bond acceptors (Lipinski definition) is 5. The fourth-order valence-electron chi connectivity index (χ4n) is 1.18. The molecule has 1 rings (SSSR count). The van der Waals surface area contributed by atoms with Gasteiger partial charge in [0.15, 0.2) is 0 Å². The molecule has 16 heavy (non-hydrogen) atoms. The molecular weight excluding hydrogens is 206 g/mol. The molecule has 0 atom stereocenters. The van der Waals surface area contributed by atoms with Crippen molar-refractivity contribution in [3.63, 3.8) is 0 Å². The first-order valence-electron chi connectivity index (χ1n) is 5.38. The average Bonchev–Trinajstić information content (AvgIpc) is 2.34. The number of aromatic nitrogens is 1. The van der Waals surface area contributed by atoms with Crippen LogP contribution in [0.4, 0.5) is 5.82 Å². The van der Waals surface area contributed by atoms with Crippen LogP contribution in [-0.2, 0) is 4.74 Å². The largest absolute Gasteiger partial charge is 0.495 e. The summed E-state index contributed by atoms with van der Waals surface area (Å²) in [5.74, 6) is 1.61. The fourth-order valence-corrected chi connectivity index (χ4v) is 1.18. The van der Waals surface area contributed by atoms with Gasteiger partial charge in [-0.2, -0.15) is 0 Å². The number of ether oxygens (including phenoxy) is 2. The topological polar surface area (TPSA) is 69.4 Å². The van der Waals surface area contributed by atoms with Crippen LogP contribution in [0.1, 0.15) is 6.42 Å². The summed E-state index contributed by atoms with van der Waals surface area (Å²) in [4.78, 5) is 4.19. The molecule has 90 valence electrons. The van der Waals surface area contributed by atoms with Crippen molar-refractivity contribution in [3.05, 3.63) is 18.3 Å². The van der Waals surface area contributed by atoms with Crippen LogP contribution in [-0.4, -0.2) is 38.4 Å². The average molecular weight is 225 g/mol. The fraction of sp³-hybridized carbons (Fsp3) is 0.545. The van der Waals surface area contributed by atoms with Crippen LogP contribution >= 0.6 is 0 Å². The minimum absolute atomic E-state index is 0.577. The van der Waals surface area contributed by atoms with Gasteiger partial charge in [0.1, 0.15) is 11.6 Å². The number of hydrogen-bond donors (Lipinski definition) is 2. The molecule has 0 saturated carbocycles. The van der Waals surface area contributed by atoms with Crippen molar-refractivity contribution in [2.24, 2.45) is 5.73 Å². The summed E-state index contributed by atoms with van der Waals surface area (Å²) in [6.45, 7) is 2.76. The van der Waals surface area contributed by atoms with Crippen molar-refractivity contribution >= 4 is 5.82 Å². The zero-order valence-electron chi connectivity index (χ0n) is 9.61. The van der Waals surface area contributed by atoms with E-state index in [1.165, 1.54) is 0 Å². The third-order valence-corrected chi connectivity index (χ3v) is 2.01. The maximum Gasteiger partial charge on any atom is 0.137 e. The van der Waals surface area contributed by atoms with Gasteiger partial charge in [-0.05, 0) is 18.6 Å². The van der Waals surface area contributed by atoms with Crippen LogP contribution in [0.15, 0.2) is 18.3 Å². The molecule has 0 saturated heterocycles. The summed E-state index contributed by atoms with van der Waals surface area (Å²) in [5.41, 5.74) is 5.30. The normalized spacial score (nSPS) is 10.1. The lowest BCUT2D eigenvalue weighted by Crippen LogP contribution is -2.11. The molecule has 0 radical (unpaired) electrons. The van der Waals surface area contributed by atoms with Gasteiger partial charge in [-0.25, -0.2) is 4.98 Å². The SMILES string of the molecule is COc1ccc(NCCCOCCN)nc1. The zero-order valence-corrected chi connectivity index (χ0v) is 9.61. The molecule has 0 amide bonds. The predicted octanol–water partition coefficient (Wildman–Crippen LogP) is 0.867. The van der Waals surface area contributed by atoms with Crippen LogP contribution < -0.4 is 15.8 Å². The second-order valence-electron chi connectivity index (χ2n) is 3.26. The molecule has 5 heteroatoms. The van der Waals surface area contributed by atoms with Gasteiger partial charge in [0.05, 0.1) is 19.9 Å². The van der Waals surface area contributed by atoms with Crippen molar-refractivity contribution in [1.29, 1.82) is 0 Å². The lowest BCUT2D eigenvalue weighted by atomic mass is 10.4. The van der Waals surface area contributed by atoms with Gasteiger partial charge in [0.25, 0.3) is 0 Å².